The van der Waals surface area contributed by atoms with Gasteiger partial charge in [-0.3, -0.25) is 9.59 Å². The third kappa shape index (κ3) is 8.45. The molecule has 0 amide bonds. The zero-order chi connectivity index (χ0) is 16.9. The van der Waals surface area contributed by atoms with E-state index in [0.717, 1.165) is 38.5 Å². The Bertz CT molecular complexity index is 373. The number of unbranched alkanes of at least 4 members (excludes halogenated alkanes) is 6. The lowest BCUT2D eigenvalue weighted by atomic mass is 9.89. The van der Waals surface area contributed by atoms with Gasteiger partial charge in [0.05, 0.1) is 0 Å². The first kappa shape index (κ1) is 20.1. The summed E-state index contributed by atoms with van der Waals surface area (Å²) in [5.41, 5.74) is 0. The van der Waals surface area contributed by atoms with E-state index in [-0.39, 0.29) is 24.2 Å². The van der Waals surface area contributed by atoms with Crippen molar-refractivity contribution in [1.82, 2.24) is 0 Å². The van der Waals surface area contributed by atoms with Crippen molar-refractivity contribution in [2.75, 3.05) is 6.61 Å². The molecule has 1 aliphatic rings. The van der Waals surface area contributed by atoms with E-state index < -0.39 is 0 Å². The summed E-state index contributed by atoms with van der Waals surface area (Å²) in [7, 11) is 0. The first-order valence-corrected chi connectivity index (χ1v) is 9.53. The molecule has 1 aliphatic carbocycles. The second kappa shape index (κ2) is 12.5. The molecule has 1 N–H and O–H groups in total. The van der Waals surface area contributed by atoms with Crippen LogP contribution in [0.25, 0.3) is 0 Å². The molecule has 0 heterocycles. The topological polar surface area (TPSA) is 54.4 Å². The molecule has 3 heteroatoms. The highest BCUT2D eigenvalue weighted by Gasteiger charge is 2.32. The van der Waals surface area contributed by atoms with E-state index in [1.165, 1.54) is 25.7 Å². The first-order valence-electron chi connectivity index (χ1n) is 9.53. The second-order valence-corrected chi connectivity index (χ2v) is 6.84. The fourth-order valence-electron chi connectivity index (χ4n) is 3.41. The molecule has 3 nitrogen and oxygen atoms in total. The van der Waals surface area contributed by atoms with E-state index >= 15 is 0 Å². The van der Waals surface area contributed by atoms with Crippen LogP contribution in [0.3, 0.4) is 0 Å². The van der Waals surface area contributed by atoms with Gasteiger partial charge in [-0.1, -0.05) is 51.5 Å². The van der Waals surface area contributed by atoms with Crippen LogP contribution in [0.2, 0.25) is 0 Å². The summed E-state index contributed by atoms with van der Waals surface area (Å²) in [4.78, 5) is 23.9. The van der Waals surface area contributed by atoms with Gasteiger partial charge in [0.1, 0.15) is 5.78 Å². The normalized spacial score (nSPS) is 21.4. The van der Waals surface area contributed by atoms with E-state index in [2.05, 4.69) is 6.92 Å². The van der Waals surface area contributed by atoms with Crippen molar-refractivity contribution in [3.8, 4) is 0 Å². The summed E-state index contributed by atoms with van der Waals surface area (Å²) >= 11 is 0. The maximum Gasteiger partial charge on any atom is 0.155 e. The highest BCUT2D eigenvalue weighted by molar-refractivity contribution is 5.90. The van der Waals surface area contributed by atoms with Crippen LogP contribution < -0.4 is 0 Å². The number of rotatable bonds is 13. The van der Waals surface area contributed by atoms with Gasteiger partial charge in [-0.2, -0.15) is 0 Å². The Labute approximate surface area is 141 Å². The Morgan fingerprint density at radius 3 is 2.61 bits per heavy atom. The van der Waals surface area contributed by atoms with E-state index in [4.69, 9.17) is 5.11 Å². The Balaban J connectivity index is 2.30. The fourth-order valence-corrected chi connectivity index (χ4v) is 3.41. The minimum Gasteiger partial charge on any atom is -0.396 e. The van der Waals surface area contributed by atoms with E-state index in [1.807, 2.05) is 6.08 Å². The van der Waals surface area contributed by atoms with Crippen molar-refractivity contribution in [2.45, 2.75) is 84.0 Å². The van der Waals surface area contributed by atoms with Crippen LogP contribution in [-0.2, 0) is 9.59 Å². The fraction of sp³-hybridized carbons (Fsp3) is 0.800. The number of carbonyl (C=O) groups excluding carboxylic acids is 2. The summed E-state index contributed by atoms with van der Waals surface area (Å²) in [6.45, 7) is 2.41. The molecule has 1 fully saturated rings. The monoisotopic (exact) mass is 322 g/mol. The minimum atomic E-state index is 0.148. The van der Waals surface area contributed by atoms with Crippen LogP contribution in [0.1, 0.15) is 84.0 Å². The number of hydrogen-bond donors (Lipinski definition) is 1. The van der Waals surface area contributed by atoms with Gasteiger partial charge in [0.2, 0.25) is 0 Å². The largest absolute Gasteiger partial charge is 0.396 e. The average Bonchev–Trinajstić information content (AvgIpc) is 2.90. The molecule has 0 aromatic heterocycles. The molecule has 132 valence electrons. The van der Waals surface area contributed by atoms with Crippen molar-refractivity contribution in [2.24, 2.45) is 11.8 Å². The highest BCUT2D eigenvalue weighted by Crippen LogP contribution is 2.33. The lowest BCUT2D eigenvalue weighted by molar-refractivity contribution is -0.121. The molecule has 0 radical (unpaired) electrons. The number of ketones is 2. The SMILES string of the molecule is CCCCCCCC1C(=O)CCC1C=CC(=O)CCCCCO. The Kier molecular flexibility index (Phi) is 10.9. The maximum absolute atomic E-state index is 12.1. The standard InChI is InChI=1S/C20H34O3/c1-2-3-4-5-8-11-19-17(13-15-20(19)23)12-14-18(22)10-7-6-9-16-21/h12,14,17,19,21H,2-11,13,15-16H2,1H3. The minimum absolute atomic E-state index is 0.148. The molecule has 0 aromatic carbocycles. The average molecular weight is 322 g/mol. The molecule has 23 heavy (non-hydrogen) atoms. The van der Waals surface area contributed by atoms with Crippen LogP contribution in [0.15, 0.2) is 12.2 Å². The van der Waals surface area contributed by atoms with Gasteiger partial charge in [-0.05, 0) is 37.7 Å². The molecule has 0 aliphatic heterocycles. The predicted octanol–water partition coefficient (Wildman–Crippen LogP) is 4.62. The maximum atomic E-state index is 12.1. The quantitative estimate of drug-likeness (QED) is 0.397. The number of aliphatic hydroxyl groups is 1. The third-order valence-corrected chi connectivity index (χ3v) is 4.88. The van der Waals surface area contributed by atoms with Gasteiger partial charge in [0.15, 0.2) is 5.78 Å². The van der Waals surface area contributed by atoms with E-state index in [1.54, 1.807) is 6.08 Å². The van der Waals surface area contributed by atoms with Crippen LogP contribution in [0.4, 0.5) is 0 Å². The third-order valence-electron chi connectivity index (χ3n) is 4.88. The molecule has 2 atom stereocenters. The first-order chi connectivity index (χ1) is 11.2. The number of Topliss-reactive ketones (excluding diaryl/α,β-unsaturated/α-hetero) is 1. The predicted molar refractivity (Wildman–Crippen MR) is 94.3 cm³/mol. The van der Waals surface area contributed by atoms with Crippen molar-refractivity contribution in [3.05, 3.63) is 12.2 Å². The van der Waals surface area contributed by atoms with E-state index in [0.29, 0.717) is 18.6 Å². The Morgan fingerprint density at radius 2 is 1.87 bits per heavy atom. The molecule has 0 saturated heterocycles. The van der Waals surface area contributed by atoms with E-state index in [9.17, 15) is 9.59 Å². The molecular weight excluding hydrogens is 288 g/mol. The van der Waals surface area contributed by atoms with Crippen LogP contribution in [-0.4, -0.2) is 23.3 Å². The summed E-state index contributed by atoms with van der Waals surface area (Å²) in [6, 6.07) is 0. The highest BCUT2D eigenvalue weighted by atomic mass is 16.2. The van der Waals surface area contributed by atoms with Gasteiger partial charge in [0.25, 0.3) is 0 Å². The lowest BCUT2D eigenvalue weighted by Crippen LogP contribution is -2.13. The smallest absolute Gasteiger partial charge is 0.155 e. The van der Waals surface area contributed by atoms with Gasteiger partial charge in [-0.15, -0.1) is 0 Å². The second-order valence-electron chi connectivity index (χ2n) is 6.84. The molecular formula is C20H34O3. The molecule has 0 bridgehead atoms. The van der Waals surface area contributed by atoms with Crippen molar-refractivity contribution < 1.29 is 14.7 Å². The van der Waals surface area contributed by atoms with Gasteiger partial charge in [-0.25, -0.2) is 0 Å². The van der Waals surface area contributed by atoms with Gasteiger partial charge in [0, 0.05) is 25.4 Å². The molecule has 2 unspecified atom stereocenters. The molecule has 0 aromatic rings. The number of hydrogen-bond acceptors (Lipinski definition) is 3. The number of aliphatic hydroxyl groups excluding tert-OH is 1. The Morgan fingerprint density at radius 1 is 1.13 bits per heavy atom. The van der Waals surface area contributed by atoms with Gasteiger partial charge >= 0.3 is 0 Å². The summed E-state index contributed by atoms with van der Waals surface area (Å²) in [5.74, 6) is 0.972. The summed E-state index contributed by atoms with van der Waals surface area (Å²) in [5, 5.41) is 8.72. The zero-order valence-electron chi connectivity index (χ0n) is 14.8. The summed E-state index contributed by atoms with van der Waals surface area (Å²) < 4.78 is 0. The van der Waals surface area contributed by atoms with Gasteiger partial charge < -0.3 is 5.11 Å². The number of allylic oxidation sites excluding steroid dienone is 2. The molecule has 1 saturated carbocycles. The zero-order valence-corrected chi connectivity index (χ0v) is 14.8. The van der Waals surface area contributed by atoms with Crippen molar-refractivity contribution in [3.63, 3.8) is 0 Å². The van der Waals surface area contributed by atoms with Crippen LogP contribution in [0, 0.1) is 11.8 Å². The Hall–Kier alpha value is -0.960. The molecule has 0 spiro atoms. The van der Waals surface area contributed by atoms with Crippen molar-refractivity contribution >= 4 is 11.6 Å². The molecule has 1 rings (SSSR count). The summed E-state index contributed by atoms with van der Waals surface area (Å²) in [6.07, 6.45) is 15.5. The van der Waals surface area contributed by atoms with Crippen LogP contribution >= 0.6 is 0 Å². The lowest BCUT2D eigenvalue weighted by Gasteiger charge is -2.14. The number of carbonyl (C=O) groups is 2. The van der Waals surface area contributed by atoms with Crippen molar-refractivity contribution in [1.29, 1.82) is 0 Å². The van der Waals surface area contributed by atoms with Crippen LogP contribution in [0.5, 0.6) is 0 Å².